The smallest absolute Gasteiger partial charge is 0.394 e. The summed E-state index contributed by atoms with van der Waals surface area (Å²) in [5.41, 5.74) is 2.61. The number of sulfone groups is 1. The van der Waals surface area contributed by atoms with Crippen LogP contribution >= 0.6 is 11.5 Å². The molecule has 202 valence electrons. The third-order valence-corrected chi connectivity index (χ3v) is 7.64. The summed E-state index contributed by atoms with van der Waals surface area (Å²) in [6.45, 7) is 1.92. The second-order valence-electron chi connectivity index (χ2n) is 7.80. The minimum Gasteiger partial charge on any atom is -0.497 e. The van der Waals surface area contributed by atoms with Gasteiger partial charge < -0.3 is 14.8 Å². The van der Waals surface area contributed by atoms with Crippen LogP contribution in [0.2, 0.25) is 0 Å². The second-order valence-corrected chi connectivity index (χ2v) is 11.7. The molecule has 0 unspecified atom stereocenters. The highest BCUT2D eigenvalue weighted by molar-refractivity contribution is 7.90. The normalized spacial score (nSPS) is 11.3. The van der Waals surface area contributed by atoms with Crippen LogP contribution in [0.15, 0.2) is 77.7 Å². The van der Waals surface area contributed by atoms with Gasteiger partial charge in [0.2, 0.25) is 15.7 Å². The Hall–Kier alpha value is -3.56. The molecule has 38 heavy (non-hydrogen) atoms. The third-order valence-electron chi connectivity index (χ3n) is 5.00. The van der Waals surface area contributed by atoms with Crippen LogP contribution in [-0.4, -0.2) is 45.1 Å². The molecule has 0 aliphatic carbocycles. The van der Waals surface area contributed by atoms with E-state index in [1.54, 1.807) is 42.4 Å². The van der Waals surface area contributed by atoms with Crippen molar-refractivity contribution >= 4 is 42.6 Å². The Balaban J connectivity index is 0.000000732. The summed E-state index contributed by atoms with van der Waals surface area (Å²) in [4.78, 5) is 4.98. The first-order valence-corrected chi connectivity index (χ1v) is 14.7. The standard InChI is InChI=1S/C24H23N3O4S2.H2O4S/c1-17-4-14-22(15-5-17)33(28,29)16-27-23(18-6-10-20(30-2)11-7-18)26-24(32-27)25-19-8-12-21(31-3)13-9-19;1-5(2,3)4/h4-15H,16H2,1-3H3;(H2,1,2,3,4)/p+1. The van der Waals surface area contributed by atoms with E-state index >= 15 is 0 Å². The Kier molecular flexibility index (Phi) is 9.40. The maximum absolute atomic E-state index is 13.1. The molecule has 0 spiro atoms. The van der Waals surface area contributed by atoms with Gasteiger partial charge in [-0.05, 0) is 72.6 Å². The highest BCUT2D eigenvalue weighted by atomic mass is 32.3. The Morgan fingerprint density at radius 3 is 1.84 bits per heavy atom. The molecular formula is C24H26N3O8S3+. The average Bonchev–Trinajstić information content (AvgIpc) is 3.25. The summed E-state index contributed by atoms with van der Waals surface area (Å²) in [5, 5.41) is 3.83. The molecule has 4 rings (SSSR count). The predicted molar refractivity (Wildman–Crippen MR) is 143 cm³/mol. The zero-order valence-corrected chi connectivity index (χ0v) is 23.0. The second kappa shape index (κ2) is 12.3. The lowest BCUT2D eigenvalue weighted by molar-refractivity contribution is -0.597. The average molecular weight is 581 g/mol. The quantitative estimate of drug-likeness (QED) is 0.206. The molecule has 0 aliphatic rings. The molecule has 14 heteroatoms. The van der Waals surface area contributed by atoms with E-state index in [0.717, 1.165) is 22.6 Å². The number of methoxy groups -OCH3 is 2. The Labute approximate surface area is 225 Å². The highest BCUT2D eigenvalue weighted by Crippen LogP contribution is 2.26. The number of aryl methyl sites for hydroxylation is 1. The summed E-state index contributed by atoms with van der Waals surface area (Å²) in [6.07, 6.45) is 0. The molecule has 4 aromatic rings. The lowest BCUT2D eigenvalue weighted by Crippen LogP contribution is -2.36. The zero-order valence-electron chi connectivity index (χ0n) is 20.6. The molecule has 0 atom stereocenters. The van der Waals surface area contributed by atoms with Gasteiger partial charge in [-0.15, -0.1) is 0 Å². The van der Waals surface area contributed by atoms with Gasteiger partial charge in [0, 0.05) is 5.69 Å². The summed E-state index contributed by atoms with van der Waals surface area (Å²) in [7, 11) is -5.03. The summed E-state index contributed by atoms with van der Waals surface area (Å²) >= 11 is 1.25. The molecule has 1 aromatic heterocycles. The van der Waals surface area contributed by atoms with Gasteiger partial charge >= 0.3 is 21.4 Å². The molecular weight excluding hydrogens is 554 g/mol. The van der Waals surface area contributed by atoms with Gasteiger partial charge in [-0.3, -0.25) is 9.11 Å². The van der Waals surface area contributed by atoms with Crippen molar-refractivity contribution in [3.63, 3.8) is 0 Å². The molecule has 3 N–H and O–H groups in total. The first-order chi connectivity index (χ1) is 17.9. The number of hydrogen-bond donors (Lipinski definition) is 3. The molecule has 0 amide bonds. The predicted octanol–water partition coefficient (Wildman–Crippen LogP) is 3.95. The third kappa shape index (κ3) is 8.49. The number of nitrogens with one attached hydrogen (secondary N) is 1. The lowest BCUT2D eigenvalue weighted by Gasteiger charge is -2.04. The molecule has 0 radical (unpaired) electrons. The number of aromatic nitrogens is 2. The van der Waals surface area contributed by atoms with Gasteiger partial charge in [0.1, 0.15) is 23.0 Å². The van der Waals surface area contributed by atoms with Crippen molar-refractivity contribution < 1.29 is 39.4 Å². The van der Waals surface area contributed by atoms with Crippen molar-refractivity contribution in [3.8, 4) is 22.9 Å². The van der Waals surface area contributed by atoms with E-state index < -0.39 is 20.2 Å². The van der Waals surface area contributed by atoms with Gasteiger partial charge in [0.05, 0.1) is 24.7 Å². The van der Waals surface area contributed by atoms with Crippen LogP contribution in [0.4, 0.5) is 10.8 Å². The number of nitrogens with zero attached hydrogens (tertiary/aromatic N) is 2. The number of hydrogen-bond acceptors (Lipinski definition) is 9. The van der Waals surface area contributed by atoms with Crippen LogP contribution < -0.4 is 18.7 Å². The fourth-order valence-corrected chi connectivity index (χ4v) is 5.67. The molecule has 0 saturated carbocycles. The number of ether oxygens (including phenoxy) is 2. The van der Waals surface area contributed by atoms with Gasteiger partial charge in [0.25, 0.3) is 0 Å². The Morgan fingerprint density at radius 1 is 0.842 bits per heavy atom. The van der Waals surface area contributed by atoms with Gasteiger partial charge in [0.15, 0.2) is 0 Å². The van der Waals surface area contributed by atoms with Gasteiger partial charge in [-0.2, -0.15) is 12.4 Å². The summed E-state index contributed by atoms with van der Waals surface area (Å²) in [5.74, 6) is 1.79. The summed E-state index contributed by atoms with van der Waals surface area (Å²) < 4.78 is 70.0. The van der Waals surface area contributed by atoms with Crippen LogP contribution in [0, 0.1) is 6.92 Å². The van der Waals surface area contributed by atoms with E-state index in [0.29, 0.717) is 16.7 Å². The zero-order chi connectivity index (χ0) is 27.9. The molecule has 0 saturated heterocycles. The molecule has 3 aromatic carbocycles. The van der Waals surface area contributed by atoms with E-state index in [2.05, 4.69) is 5.32 Å². The number of benzene rings is 3. The Bertz CT molecular complexity index is 1560. The summed E-state index contributed by atoms with van der Waals surface area (Å²) in [6, 6.07) is 21.7. The largest absolute Gasteiger partial charge is 0.497 e. The topological polar surface area (TPSA) is 156 Å². The van der Waals surface area contributed by atoms with E-state index in [4.69, 9.17) is 32.0 Å². The maximum atomic E-state index is 13.1. The van der Waals surface area contributed by atoms with Gasteiger partial charge in [-0.25, -0.2) is 8.42 Å². The van der Waals surface area contributed by atoms with Crippen molar-refractivity contribution in [2.24, 2.45) is 0 Å². The first kappa shape index (κ1) is 29.0. The molecule has 0 bridgehead atoms. The fourth-order valence-electron chi connectivity index (χ4n) is 3.18. The SMILES string of the molecule is COc1ccc(Nc2nc(-c3ccc(OC)cc3)[n+](CS(=O)(=O)c3ccc(C)cc3)s2)cc1.O=S(=O)(O)O. The number of anilines is 2. The van der Waals surface area contributed by atoms with E-state index in [1.807, 2.05) is 55.5 Å². The van der Waals surface area contributed by atoms with Crippen LogP contribution in [-0.2, 0) is 26.1 Å². The van der Waals surface area contributed by atoms with Crippen molar-refractivity contribution in [2.75, 3.05) is 19.5 Å². The fraction of sp³-hybridized carbons (Fsp3) is 0.167. The van der Waals surface area contributed by atoms with Crippen LogP contribution in [0.3, 0.4) is 0 Å². The van der Waals surface area contributed by atoms with Crippen molar-refractivity contribution in [3.05, 3.63) is 78.4 Å². The minimum absolute atomic E-state index is 0.223. The van der Waals surface area contributed by atoms with Crippen molar-refractivity contribution in [1.29, 1.82) is 0 Å². The molecule has 1 heterocycles. The van der Waals surface area contributed by atoms with Crippen molar-refractivity contribution in [2.45, 2.75) is 17.7 Å². The van der Waals surface area contributed by atoms with Crippen molar-refractivity contribution in [1.82, 2.24) is 4.98 Å². The highest BCUT2D eigenvalue weighted by Gasteiger charge is 2.28. The molecule has 0 fully saturated rings. The van der Waals surface area contributed by atoms with E-state index in [1.165, 1.54) is 11.5 Å². The Morgan fingerprint density at radius 2 is 1.34 bits per heavy atom. The van der Waals surface area contributed by atoms with Gasteiger partial charge in [-0.1, -0.05) is 17.7 Å². The van der Waals surface area contributed by atoms with Crippen LogP contribution in [0.25, 0.3) is 11.4 Å². The monoisotopic (exact) mass is 580 g/mol. The van der Waals surface area contributed by atoms with Crippen LogP contribution in [0.5, 0.6) is 11.5 Å². The minimum atomic E-state index is -4.67. The lowest BCUT2D eigenvalue weighted by atomic mass is 10.2. The van der Waals surface area contributed by atoms with Crippen LogP contribution in [0.1, 0.15) is 5.56 Å². The molecule has 0 aliphatic heterocycles. The number of rotatable bonds is 8. The maximum Gasteiger partial charge on any atom is 0.394 e. The molecule has 11 nitrogen and oxygen atoms in total. The first-order valence-electron chi connectivity index (χ1n) is 10.8. The van der Waals surface area contributed by atoms with E-state index in [-0.39, 0.29) is 10.8 Å². The van der Waals surface area contributed by atoms with E-state index in [9.17, 15) is 8.42 Å².